The highest BCUT2D eigenvalue weighted by Gasteiger charge is 2.45. The summed E-state index contributed by atoms with van der Waals surface area (Å²) in [4.78, 5) is 30.2. The fourth-order valence-electron chi connectivity index (χ4n) is 4.33. The van der Waals surface area contributed by atoms with Gasteiger partial charge in [0.2, 0.25) is 0 Å². The molecule has 6 nitrogen and oxygen atoms in total. The van der Waals surface area contributed by atoms with Crippen molar-refractivity contribution < 1.29 is 19.4 Å². The molecule has 6 heteroatoms. The molecule has 0 bridgehead atoms. The number of ketones is 1. The van der Waals surface area contributed by atoms with Crippen molar-refractivity contribution in [3.05, 3.63) is 83.4 Å². The number of hydrogen-bond acceptors (Lipinski definition) is 5. The van der Waals surface area contributed by atoms with Gasteiger partial charge in [0, 0.05) is 18.7 Å². The fraction of sp³-hybridized carbons (Fsp3) is 0.379. The maximum absolute atomic E-state index is 13.2. The number of aliphatic hydroxyl groups is 1. The van der Waals surface area contributed by atoms with E-state index < -0.39 is 17.7 Å². The van der Waals surface area contributed by atoms with Crippen LogP contribution in [0.5, 0.6) is 5.75 Å². The largest absolute Gasteiger partial charge is 0.507 e. The molecule has 1 saturated heterocycles. The molecule has 2 aromatic carbocycles. The lowest BCUT2D eigenvalue weighted by atomic mass is 9.93. The first-order valence-electron chi connectivity index (χ1n) is 12.3. The molecule has 1 fully saturated rings. The summed E-state index contributed by atoms with van der Waals surface area (Å²) in [5.41, 5.74) is 2.55. The monoisotopic (exact) mass is 476 g/mol. The molecule has 0 spiro atoms. The molecule has 1 atom stereocenters. The maximum atomic E-state index is 13.2. The quantitative estimate of drug-likeness (QED) is 0.211. The van der Waals surface area contributed by atoms with Crippen molar-refractivity contribution in [3.63, 3.8) is 0 Å². The SMILES string of the molecule is C=CCOc1ccc(C(O)=C2C(=O)C(=O)N(CCN(CC)CC)[C@@H]2c2ccc(C(C)C)cc2)cc1. The minimum absolute atomic E-state index is 0.117. The van der Waals surface area contributed by atoms with Crippen LogP contribution in [0.3, 0.4) is 0 Å². The number of nitrogens with zero attached hydrogens (tertiary/aromatic N) is 2. The van der Waals surface area contributed by atoms with Crippen molar-refractivity contribution in [2.45, 2.75) is 39.7 Å². The molecule has 1 heterocycles. The summed E-state index contributed by atoms with van der Waals surface area (Å²) in [5, 5.41) is 11.3. The lowest BCUT2D eigenvalue weighted by molar-refractivity contribution is -0.140. The lowest BCUT2D eigenvalue weighted by Crippen LogP contribution is -2.38. The van der Waals surface area contributed by atoms with Crippen molar-refractivity contribution in [2.75, 3.05) is 32.8 Å². The van der Waals surface area contributed by atoms with Gasteiger partial charge in [0.15, 0.2) is 0 Å². The second-order valence-corrected chi connectivity index (χ2v) is 8.96. The van der Waals surface area contributed by atoms with Crippen LogP contribution in [0.4, 0.5) is 0 Å². The van der Waals surface area contributed by atoms with E-state index in [2.05, 4.69) is 39.2 Å². The average Bonchev–Trinajstić information content (AvgIpc) is 3.13. The van der Waals surface area contributed by atoms with Gasteiger partial charge in [0.05, 0.1) is 11.6 Å². The van der Waals surface area contributed by atoms with Crippen LogP contribution in [-0.4, -0.2) is 59.4 Å². The molecule has 186 valence electrons. The zero-order chi connectivity index (χ0) is 25.5. The molecular formula is C29H36N2O4. The molecule has 35 heavy (non-hydrogen) atoms. The van der Waals surface area contributed by atoms with Crippen molar-refractivity contribution in [3.8, 4) is 5.75 Å². The van der Waals surface area contributed by atoms with Gasteiger partial charge in [0.25, 0.3) is 11.7 Å². The third kappa shape index (κ3) is 5.82. The molecule has 1 aliphatic heterocycles. The molecule has 0 aliphatic carbocycles. The summed E-state index contributed by atoms with van der Waals surface area (Å²) in [6, 6.07) is 14.1. The van der Waals surface area contributed by atoms with E-state index in [9.17, 15) is 14.7 Å². The van der Waals surface area contributed by atoms with Crippen molar-refractivity contribution in [1.82, 2.24) is 9.80 Å². The van der Waals surface area contributed by atoms with Crippen molar-refractivity contribution in [1.29, 1.82) is 0 Å². The molecule has 0 aromatic heterocycles. The first-order valence-corrected chi connectivity index (χ1v) is 12.3. The number of rotatable bonds is 11. The van der Waals surface area contributed by atoms with Gasteiger partial charge in [-0.2, -0.15) is 0 Å². The number of benzene rings is 2. The van der Waals surface area contributed by atoms with E-state index in [1.54, 1.807) is 35.2 Å². The zero-order valence-electron chi connectivity index (χ0n) is 21.2. The van der Waals surface area contributed by atoms with Gasteiger partial charge in [-0.3, -0.25) is 9.59 Å². The van der Waals surface area contributed by atoms with E-state index in [1.807, 2.05) is 24.3 Å². The number of carbonyl (C=O) groups is 2. The Balaban J connectivity index is 2.04. The van der Waals surface area contributed by atoms with Crippen molar-refractivity contribution in [2.24, 2.45) is 0 Å². The third-order valence-corrected chi connectivity index (χ3v) is 6.51. The van der Waals surface area contributed by atoms with Gasteiger partial charge in [-0.1, -0.05) is 64.6 Å². The second-order valence-electron chi connectivity index (χ2n) is 8.96. The summed E-state index contributed by atoms with van der Waals surface area (Å²) >= 11 is 0. The van der Waals surface area contributed by atoms with Crippen LogP contribution < -0.4 is 4.74 Å². The predicted molar refractivity (Wildman–Crippen MR) is 139 cm³/mol. The van der Waals surface area contributed by atoms with Gasteiger partial charge in [-0.25, -0.2) is 0 Å². The highest BCUT2D eigenvalue weighted by Crippen LogP contribution is 2.39. The Kier molecular flexibility index (Phi) is 8.88. The zero-order valence-corrected chi connectivity index (χ0v) is 21.2. The molecule has 0 saturated carbocycles. The number of ether oxygens (including phenoxy) is 1. The van der Waals surface area contributed by atoms with Crippen LogP contribution in [0.1, 0.15) is 56.3 Å². The minimum atomic E-state index is -0.660. The molecule has 1 aliphatic rings. The van der Waals surface area contributed by atoms with Crippen molar-refractivity contribution >= 4 is 17.4 Å². The number of hydrogen-bond donors (Lipinski definition) is 1. The summed E-state index contributed by atoms with van der Waals surface area (Å²) < 4.78 is 5.52. The van der Waals surface area contributed by atoms with Crippen LogP contribution >= 0.6 is 0 Å². The Bertz CT molecular complexity index is 1070. The van der Waals surface area contributed by atoms with Gasteiger partial charge >= 0.3 is 0 Å². The molecule has 2 aromatic rings. The van der Waals surface area contributed by atoms with Gasteiger partial charge in [-0.15, -0.1) is 0 Å². The lowest BCUT2D eigenvalue weighted by Gasteiger charge is -2.28. The van der Waals surface area contributed by atoms with E-state index >= 15 is 0 Å². The maximum Gasteiger partial charge on any atom is 0.295 e. The molecule has 1 amide bonds. The molecule has 1 N–H and O–H groups in total. The number of Topliss-reactive ketones (excluding diaryl/α,β-unsaturated/α-hetero) is 1. The summed E-state index contributed by atoms with van der Waals surface area (Å²) in [6.07, 6.45) is 1.65. The molecule has 0 radical (unpaired) electrons. The van der Waals surface area contributed by atoms with Crippen LogP contribution in [-0.2, 0) is 9.59 Å². The number of amides is 1. The topological polar surface area (TPSA) is 70.1 Å². The molecular weight excluding hydrogens is 440 g/mol. The molecule has 0 unspecified atom stereocenters. The Morgan fingerprint density at radius 2 is 1.71 bits per heavy atom. The van der Waals surface area contributed by atoms with E-state index in [4.69, 9.17) is 4.74 Å². The van der Waals surface area contributed by atoms with Gasteiger partial charge in [0.1, 0.15) is 18.1 Å². The first-order chi connectivity index (χ1) is 16.8. The summed E-state index contributed by atoms with van der Waals surface area (Å²) in [6.45, 7) is 15.1. The van der Waals surface area contributed by atoms with Crippen LogP contribution in [0.2, 0.25) is 0 Å². The Morgan fingerprint density at radius 3 is 2.26 bits per heavy atom. The number of likely N-dealkylation sites (tertiary alicyclic amines) is 1. The normalized spacial score (nSPS) is 17.4. The van der Waals surface area contributed by atoms with Crippen LogP contribution in [0, 0.1) is 0 Å². The van der Waals surface area contributed by atoms with E-state index in [0.717, 1.165) is 18.7 Å². The third-order valence-electron chi connectivity index (χ3n) is 6.51. The Hall–Kier alpha value is -3.38. The fourth-order valence-corrected chi connectivity index (χ4v) is 4.33. The first kappa shape index (κ1) is 26.2. The second kappa shape index (κ2) is 11.8. The smallest absolute Gasteiger partial charge is 0.295 e. The number of carbonyl (C=O) groups excluding carboxylic acids is 2. The van der Waals surface area contributed by atoms with Gasteiger partial charge < -0.3 is 19.6 Å². The van der Waals surface area contributed by atoms with E-state index in [1.165, 1.54) is 5.56 Å². The van der Waals surface area contributed by atoms with Crippen LogP contribution in [0.25, 0.3) is 5.76 Å². The van der Waals surface area contributed by atoms with Gasteiger partial charge in [-0.05, 0) is 54.4 Å². The Labute approximate surface area is 208 Å². The predicted octanol–water partition coefficient (Wildman–Crippen LogP) is 5.14. The minimum Gasteiger partial charge on any atom is -0.507 e. The molecule has 3 rings (SSSR count). The number of likely N-dealkylation sites (N-methyl/N-ethyl adjacent to an activating group) is 1. The standard InChI is InChI=1S/C29H36N2O4/c1-6-19-35-24-15-13-23(14-16-24)27(32)25-26(22-11-9-21(10-12-22)20(4)5)31(29(34)28(25)33)18-17-30(7-2)8-3/h6,9-16,20,26,32H,1,7-8,17-19H2,2-5H3/t26-/m1/s1. The number of aliphatic hydroxyl groups excluding tert-OH is 1. The summed E-state index contributed by atoms with van der Waals surface area (Å²) in [7, 11) is 0. The van der Waals surface area contributed by atoms with E-state index in [-0.39, 0.29) is 11.3 Å². The van der Waals surface area contributed by atoms with Crippen LogP contribution in [0.15, 0.2) is 66.8 Å². The highest BCUT2D eigenvalue weighted by atomic mass is 16.5. The summed E-state index contributed by atoms with van der Waals surface area (Å²) in [5.74, 6) is -0.432. The Morgan fingerprint density at radius 1 is 1.09 bits per heavy atom. The average molecular weight is 477 g/mol. The highest BCUT2D eigenvalue weighted by molar-refractivity contribution is 6.46. The van der Waals surface area contributed by atoms with E-state index in [0.29, 0.717) is 36.9 Å².